The lowest BCUT2D eigenvalue weighted by atomic mass is 9.84. The minimum absolute atomic E-state index is 0.0136. The van der Waals surface area contributed by atoms with Crippen molar-refractivity contribution >= 4 is 70.9 Å². The van der Waals surface area contributed by atoms with Gasteiger partial charge in [-0.1, -0.05) is 98.0 Å². The summed E-state index contributed by atoms with van der Waals surface area (Å²) in [6.07, 6.45) is 6.15. The van der Waals surface area contributed by atoms with Gasteiger partial charge in [-0.25, -0.2) is 0 Å². The number of carbonyl (C=O) groups is 12. The van der Waals surface area contributed by atoms with Crippen molar-refractivity contribution in [3.8, 4) is 6.07 Å². The number of hydrogen-bond donors (Lipinski definition) is 3. The van der Waals surface area contributed by atoms with Crippen molar-refractivity contribution in [3.05, 3.63) is 34.9 Å². The molecule has 0 unspecified atom stereocenters. The Balaban J connectivity index is 1.18. The van der Waals surface area contributed by atoms with E-state index in [0.717, 1.165) is 68.4 Å². The van der Waals surface area contributed by atoms with Gasteiger partial charge in [-0.3, -0.25) is 57.5 Å². The number of rotatable bonds is 11. The molecule has 4 heterocycles. The Morgan fingerprint density at radius 3 is 1.87 bits per heavy atom. The molecule has 7 fully saturated rings. The third-order valence-electron chi connectivity index (χ3n) is 23.6. The number of amides is 12. The van der Waals surface area contributed by atoms with Gasteiger partial charge in [0, 0.05) is 68.5 Å². The molecule has 4 saturated heterocycles. The molecule has 3 saturated carbocycles. The van der Waals surface area contributed by atoms with E-state index in [1.807, 2.05) is 20.8 Å². The molecule has 1 spiro atoms. The fourth-order valence-electron chi connectivity index (χ4n) is 16.7. The second-order valence-electron chi connectivity index (χ2n) is 31.0. The molecule has 570 valence electrons. The van der Waals surface area contributed by atoms with Gasteiger partial charge in [0.15, 0.2) is 0 Å². The molecule has 0 bridgehead atoms. The third-order valence-corrected chi connectivity index (χ3v) is 23.6. The summed E-state index contributed by atoms with van der Waals surface area (Å²) in [7, 11) is 8.72. The van der Waals surface area contributed by atoms with Crippen molar-refractivity contribution < 1.29 is 70.7 Å². The van der Waals surface area contributed by atoms with Crippen molar-refractivity contribution in [2.45, 2.75) is 261 Å². The van der Waals surface area contributed by atoms with Gasteiger partial charge in [0.2, 0.25) is 70.9 Å². The van der Waals surface area contributed by atoms with Crippen molar-refractivity contribution in [2.75, 3.05) is 75.0 Å². The predicted molar refractivity (Wildman–Crippen MR) is 376 cm³/mol. The van der Waals surface area contributed by atoms with Crippen LogP contribution in [0.15, 0.2) is 18.2 Å². The zero-order valence-electron chi connectivity index (χ0n) is 62.5. The molecule has 4 aliphatic heterocycles. The normalized spacial score (nSPS) is 28.2. The number of fused-ring (bicyclic) bond motifs is 2. The van der Waals surface area contributed by atoms with Crippen LogP contribution in [-0.4, -0.2) is 250 Å². The zero-order chi connectivity index (χ0) is 75.5. The van der Waals surface area contributed by atoms with Crippen molar-refractivity contribution in [1.29, 1.82) is 5.26 Å². The van der Waals surface area contributed by atoms with Gasteiger partial charge in [-0.2, -0.15) is 18.4 Å². The monoisotopic (exact) mass is 1440 g/mol. The highest BCUT2D eigenvalue weighted by molar-refractivity contribution is 6.01. The summed E-state index contributed by atoms with van der Waals surface area (Å²) in [6, 6.07) is -6.37. The minimum Gasteiger partial charge on any atom is -0.343 e. The summed E-state index contributed by atoms with van der Waals surface area (Å²) in [6.45, 7) is 9.17. The van der Waals surface area contributed by atoms with E-state index >= 15 is 38.4 Å². The Kier molecular flexibility index (Phi) is 27.7. The van der Waals surface area contributed by atoms with Crippen LogP contribution in [0.3, 0.4) is 0 Å². The van der Waals surface area contributed by atoms with Gasteiger partial charge in [0.25, 0.3) is 0 Å². The first-order valence-corrected chi connectivity index (χ1v) is 37.7. The second kappa shape index (κ2) is 35.3. The molecule has 0 aromatic heterocycles. The molecule has 12 amide bonds. The van der Waals surface area contributed by atoms with Gasteiger partial charge in [0.1, 0.15) is 59.9 Å². The Morgan fingerprint density at radius 1 is 0.641 bits per heavy atom. The maximum absolute atomic E-state index is 15.8. The molecule has 1 aromatic carbocycles. The first kappa shape index (κ1) is 80.8. The lowest BCUT2D eigenvalue weighted by Gasteiger charge is -2.45. The number of likely N-dealkylation sites (N-methyl/N-ethyl adjacent to an activating group) is 6. The summed E-state index contributed by atoms with van der Waals surface area (Å²) in [5, 5.41) is 18.6. The molecular weight excluding hydrogens is 1330 g/mol. The molecule has 0 radical (unpaired) electrons. The van der Waals surface area contributed by atoms with Gasteiger partial charge in [-0.05, 0) is 138 Å². The number of carbonyl (C=O) groups excluding carboxylic acids is 12. The number of piperidine rings is 1. The maximum Gasteiger partial charge on any atom is 0.417 e. The molecule has 3 N–H and O–H groups in total. The highest BCUT2D eigenvalue weighted by Gasteiger charge is 2.52. The average molecular weight is 1440 g/mol. The molecular formula is C75H112F3N13O12. The number of nitrogens with zero attached hydrogens (tertiary/aromatic N) is 10. The summed E-state index contributed by atoms with van der Waals surface area (Å²) >= 11 is 0. The topological polar surface area (TPSA) is 294 Å². The lowest BCUT2D eigenvalue weighted by molar-refractivity contribution is -0.160. The third kappa shape index (κ3) is 18.8. The highest BCUT2D eigenvalue weighted by atomic mass is 19.4. The second-order valence-corrected chi connectivity index (χ2v) is 31.0. The van der Waals surface area contributed by atoms with Gasteiger partial charge in [-0.15, -0.1) is 0 Å². The van der Waals surface area contributed by atoms with E-state index in [-0.39, 0.29) is 81.9 Å². The van der Waals surface area contributed by atoms with E-state index in [4.69, 9.17) is 0 Å². The summed E-state index contributed by atoms with van der Waals surface area (Å²) in [5.74, 6) is -8.60. The predicted octanol–water partition coefficient (Wildman–Crippen LogP) is 5.78. The van der Waals surface area contributed by atoms with Crippen LogP contribution in [0, 0.1) is 35.0 Å². The first-order valence-electron chi connectivity index (χ1n) is 37.7. The number of benzene rings is 1. The quantitative estimate of drug-likeness (QED) is 0.237. The number of nitrogens with one attached hydrogen (secondary N) is 3. The van der Waals surface area contributed by atoms with Crippen LogP contribution in [-0.2, 0) is 70.1 Å². The van der Waals surface area contributed by atoms with E-state index in [0.29, 0.717) is 64.5 Å². The number of nitriles is 1. The Hall–Kier alpha value is -7.86. The molecule has 28 heteroatoms. The summed E-state index contributed by atoms with van der Waals surface area (Å²) < 4.78 is 42.1. The average Bonchev–Trinajstić information content (AvgIpc) is 1.64. The molecule has 10 atom stereocenters. The van der Waals surface area contributed by atoms with Crippen LogP contribution < -0.4 is 16.0 Å². The number of likely N-dealkylation sites (tertiary alicyclic amines) is 1. The SMILES string of the molecule is CC[C@H](C)[C@@H]1NC(=O)[C@H](CC(C)C)N(C)C(=O)C[C@@H](C(=O)N2CCCCC2)N(C)C(=O)[C@H](C2CCCC2)N(C)C(=O)C2(CCCC2)NC(=O)[C@@H]2CCCN2C(=O)[C@H](CCc2ccc(C(F)(F)F)c(C#N)c2)NC(=O)CN(C)C(=O)[C@H](CC2CCCCC2)N(C)C(=O)[C@@H]2CCN2C(=O)[C@H](C)N(C)C1=O. The van der Waals surface area contributed by atoms with Crippen LogP contribution in [0.1, 0.15) is 205 Å². The van der Waals surface area contributed by atoms with E-state index in [1.54, 1.807) is 17.9 Å². The summed E-state index contributed by atoms with van der Waals surface area (Å²) in [5.41, 5.74) is -3.16. The van der Waals surface area contributed by atoms with E-state index in [1.165, 1.54) is 89.6 Å². The van der Waals surface area contributed by atoms with E-state index < -0.39 is 173 Å². The van der Waals surface area contributed by atoms with Crippen molar-refractivity contribution in [3.63, 3.8) is 0 Å². The van der Waals surface area contributed by atoms with E-state index in [2.05, 4.69) is 16.0 Å². The van der Waals surface area contributed by atoms with Gasteiger partial charge in [0.05, 0.1) is 30.2 Å². The Bertz CT molecular complexity index is 3320. The van der Waals surface area contributed by atoms with Crippen LogP contribution in [0.2, 0.25) is 0 Å². The zero-order valence-corrected chi connectivity index (χ0v) is 62.5. The standard InChI is InChI=1S/C75H112F3N13O12/c1-12-47(4)62-71(101)84(7)48(5)66(96)91-39-33-56(91)69(99)86(9)58(42-49-24-15-13-16-25-49)68(98)83(6)45-60(92)80-54(32-30-50-29-31-53(75(76,77)78)52(41-50)44-79)67(97)90-38-23-28-55(90)65(95)82-74(34-19-20-35-74)73(103)88(11)63(51-26-17-18-27-51)72(102)87(10)59(70(100)89-36-21-14-22-37-89)43-61(93)85(8)57(40-46(2)3)64(94)81-62/h29,31,41,46-49,51,54-59,62-63H,12-28,30,32-40,42-43,45H2,1-11H3,(H,80,92)(H,81,94)(H,82,95)/t47-,48-,54-,55-,56-,57-,58-,59-,62-,63-/m0/s1. The van der Waals surface area contributed by atoms with Gasteiger partial charge >= 0.3 is 6.18 Å². The van der Waals surface area contributed by atoms with Crippen LogP contribution in [0.25, 0.3) is 0 Å². The molecule has 103 heavy (non-hydrogen) atoms. The fourth-order valence-corrected chi connectivity index (χ4v) is 16.7. The van der Waals surface area contributed by atoms with Crippen molar-refractivity contribution in [1.82, 2.24) is 60.0 Å². The minimum atomic E-state index is -4.85. The molecule has 7 aliphatic rings. The summed E-state index contributed by atoms with van der Waals surface area (Å²) in [4.78, 5) is 193. The van der Waals surface area contributed by atoms with Crippen LogP contribution in [0.4, 0.5) is 13.2 Å². The van der Waals surface area contributed by atoms with Crippen molar-refractivity contribution in [2.24, 2.45) is 23.7 Å². The van der Waals surface area contributed by atoms with Crippen LogP contribution in [0.5, 0.6) is 0 Å². The smallest absolute Gasteiger partial charge is 0.343 e. The fraction of sp³-hybridized carbons (Fsp3) is 0.747. The van der Waals surface area contributed by atoms with Gasteiger partial charge < -0.3 is 60.0 Å². The number of alkyl halides is 3. The number of hydrogen-bond acceptors (Lipinski definition) is 13. The van der Waals surface area contributed by atoms with E-state index in [9.17, 15) is 37.6 Å². The maximum atomic E-state index is 15.8. The molecule has 3 aliphatic carbocycles. The molecule has 8 rings (SSSR count). The molecule has 25 nitrogen and oxygen atoms in total. The Morgan fingerprint density at radius 2 is 1.27 bits per heavy atom. The largest absolute Gasteiger partial charge is 0.417 e. The lowest BCUT2D eigenvalue weighted by Crippen LogP contribution is -2.65. The Labute approximate surface area is 605 Å². The number of aryl methyl sites for hydroxylation is 1. The highest BCUT2D eigenvalue weighted by Crippen LogP contribution is 2.39. The molecule has 1 aromatic rings. The van der Waals surface area contributed by atoms with Crippen LogP contribution >= 0.6 is 0 Å². The first-order chi connectivity index (χ1) is 48.7. The number of halogens is 3.